The van der Waals surface area contributed by atoms with E-state index < -0.39 is 21.3 Å². The van der Waals surface area contributed by atoms with E-state index in [9.17, 15) is 0 Å². The maximum absolute atomic E-state index is 5.00. The summed E-state index contributed by atoms with van der Waals surface area (Å²) in [4.78, 5) is 0. The molecule has 0 aliphatic heterocycles. The maximum atomic E-state index is 5.00. The minimum absolute atomic E-state index is 0. The fourth-order valence-electron chi connectivity index (χ4n) is 5.76. The average molecular weight is 589 g/mol. The standard InChI is InChI=1S/2C16H13.CH2.2ClH.Zr/c2*1-2-7-13(8-3-1)15-11-5-4-9-14-10-6-12-16(14)15;;;;/h2*1-5,7-12H,6H2;1H2;2*1H;. The van der Waals surface area contributed by atoms with Crippen molar-refractivity contribution in [3.63, 3.8) is 0 Å². The Labute approximate surface area is 234 Å². The van der Waals surface area contributed by atoms with Crippen LogP contribution < -0.4 is 0 Å². The van der Waals surface area contributed by atoms with Gasteiger partial charge in [-0.15, -0.1) is 24.8 Å². The third-order valence-corrected chi connectivity index (χ3v) is 14.5. The summed E-state index contributed by atoms with van der Waals surface area (Å²) in [6, 6.07) is 21.7. The summed E-state index contributed by atoms with van der Waals surface area (Å²) < 4.78 is 6.26. The number of halogens is 2. The molecule has 6 rings (SSSR count). The first-order chi connectivity index (χ1) is 16.8. The topological polar surface area (TPSA) is 0 Å². The molecule has 0 radical (unpaired) electrons. The van der Waals surface area contributed by atoms with Crippen LogP contribution in [0.3, 0.4) is 0 Å². The first kappa shape index (κ1) is 26.7. The predicted molar refractivity (Wildman–Crippen MR) is 158 cm³/mol. The van der Waals surface area contributed by atoms with Crippen LogP contribution in [-0.4, -0.2) is 4.21 Å². The van der Waals surface area contributed by atoms with Crippen molar-refractivity contribution < 1.29 is 21.3 Å². The molecule has 36 heavy (non-hydrogen) atoms. The van der Waals surface area contributed by atoms with Gasteiger partial charge in [0.05, 0.1) is 0 Å². The van der Waals surface area contributed by atoms with Gasteiger partial charge >= 0.3 is 212 Å². The summed E-state index contributed by atoms with van der Waals surface area (Å²) in [6.45, 7) is 0. The van der Waals surface area contributed by atoms with Gasteiger partial charge in [0.2, 0.25) is 0 Å². The summed E-state index contributed by atoms with van der Waals surface area (Å²) in [5.41, 5.74) is 11.3. The van der Waals surface area contributed by atoms with Crippen LogP contribution in [-0.2, 0) is 21.3 Å². The summed E-state index contributed by atoms with van der Waals surface area (Å²) in [5.74, 6) is 0. The van der Waals surface area contributed by atoms with E-state index in [0.29, 0.717) is 7.25 Å². The molecule has 2 aromatic rings. The third kappa shape index (κ3) is 4.95. The molecule has 4 aliphatic rings. The predicted octanol–water partition coefficient (Wildman–Crippen LogP) is 9.28. The van der Waals surface area contributed by atoms with Crippen LogP contribution in [0.2, 0.25) is 7.25 Å². The normalized spacial score (nSPS) is 21.6. The summed E-state index contributed by atoms with van der Waals surface area (Å²) in [5, 5.41) is 0. The van der Waals surface area contributed by atoms with Crippen LogP contribution in [0.4, 0.5) is 0 Å². The molecule has 0 spiro atoms. The monoisotopic (exact) mass is 586 g/mol. The molecule has 2 aromatic carbocycles. The van der Waals surface area contributed by atoms with Gasteiger partial charge in [-0.2, -0.15) is 0 Å². The van der Waals surface area contributed by atoms with Crippen molar-refractivity contribution in [2.45, 2.75) is 20.1 Å². The second kappa shape index (κ2) is 11.8. The van der Waals surface area contributed by atoms with E-state index in [-0.39, 0.29) is 24.8 Å². The van der Waals surface area contributed by atoms with Crippen molar-refractivity contribution in [1.82, 2.24) is 0 Å². The van der Waals surface area contributed by atoms with Crippen molar-refractivity contribution >= 4 is 40.2 Å². The van der Waals surface area contributed by atoms with Gasteiger partial charge in [0.25, 0.3) is 0 Å². The number of hydrogen-bond acceptors (Lipinski definition) is 0. The Hall–Kier alpha value is -2.31. The number of benzene rings is 2. The molecule has 0 bridgehead atoms. The molecule has 0 fully saturated rings. The Kier molecular flexibility index (Phi) is 8.79. The SMILES string of the molecule is Cl.Cl.[CH2]=[Zr]([CH]1CC=C2C(c3ccccc3)=CC=CC=C21)[CH]1CC=C2C(c3ccccc3)=CC=CC=C21. The van der Waals surface area contributed by atoms with Crippen molar-refractivity contribution in [3.8, 4) is 0 Å². The molecular formula is C33H30Cl2Zr. The fraction of sp³-hybridized carbons (Fsp3) is 0.121. The van der Waals surface area contributed by atoms with Crippen LogP contribution in [0, 0.1) is 0 Å². The first-order valence-electron chi connectivity index (χ1n) is 12.2. The van der Waals surface area contributed by atoms with Gasteiger partial charge in [-0.25, -0.2) is 0 Å². The van der Waals surface area contributed by atoms with Crippen molar-refractivity contribution in [2.75, 3.05) is 0 Å². The molecule has 0 nitrogen and oxygen atoms in total. The second-order valence-corrected chi connectivity index (χ2v) is 15.5. The van der Waals surface area contributed by atoms with Gasteiger partial charge in [0.1, 0.15) is 0 Å². The van der Waals surface area contributed by atoms with E-state index >= 15 is 0 Å². The first-order valence-corrected chi connectivity index (χ1v) is 16.8. The van der Waals surface area contributed by atoms with Crippen molar-refractivity contribution in [2.24, 2.45) is 0 Å². The van der Waals surface area contributed by atoms with E-state index in [2.05, 4.69) is 121 Å². The second-order valence-electron chi connectivity index (χ2n) is 9.29. The Morgan fingerprint density at radius 1 is 0.528 bits per heavy atom. The zero-order valence-electron chi connectivity index (χ0n) is 20.1. The van der Waals surface area contributed by atoms with E-state index in [0.717, 1.165) is 12.8 Å². The Morgan fingerprint density at radius 3 is 1.33 bits per heavy atom. The van der Waals surface area contributed by atoms with Gasteiger partial charge in [-0.3, -0.25) is 0 Å². The van der Waals surface area contributed by atoms with E-state index in [1.165, 1.54) is 44.6 Å². The Bertz CT molecular complexity index is 1290. The van der Waals surface area contributed by atoms with Gasteiger partial charge in [0.15, 0.2) is 0 Å². The van der Waals surface area contributed by atoms with Crippen molar-refractivity contribution in [1.29, 1.82) is 0 Å². The molecule has 0 saturated heterocycles. The van der Waals surface area contributed by atoms with Crippen LogP contribution in [0.5, 0.6) is 0 Å². The molecule has 3 heteroatoms. The minimum atomic E-state index is -2.10. The summed E-state index contributed by atoms with van der Waals surface area (Å²) in [6.07, 6.45) is 25.5. The number of hydrogen-bond donors (Lipinski definition) is 0. The number of allylic oxidation sites excluding steroid dienone is 16. The van der Waals surface area contributed by atoms with Crippen molar-refractivity contribution in [3.05, 3.63) is 155 Å². The molecule has 0 amide bonds. The number of rotatable bonds is 4. The Balaban J connectivity index is 0.00000152. The van der Waals surface area contributed by atoms with Gasteiger partial charge in [0, 0.05) is 0 Å². The van der Waals surface area contributed by atoms with Gasteiger partial charge < -0.3 is 0 Å². The zero-order chi connectivity index (χ0) is 22.9. The zero-order valence-corrected chi connectivity index (χ0v) is 24.2. The molecule has 0 N–H and O–H groups in total. The summed E-state index contributed by atoms with van der Waals surface area (Å²) in [7, 11) is 0. The molecule has 2 unspecified atom stereocenters. The van der Waals surface area contributed by atoms with E-state index in [4.69, 9.17) is 4.21 Å². The third-order valence-electron chi connectivity index (χ3n) is 7.43. The molecule has 4 aliphatic carbocycles. The molecule has 0 saturated carbocycles. The number of fused-ring (bicyclic) bond motifs is 2. The molecule has 2 atom stereocenters. The quantitative estimate of drug-likeness (QED) is 0.334. The van der Waals surface area contributed by atoms with Crippen LogP contribution in [0.25, 0.3) is 11.1 Å². The van der Waals surface area contributed by atoms with Crippen LogP contribution in [0.15, 0.2) is 144 Å². The fourth-order valence-corrected chi connectivity index (χ4v) is 12.2. The average Bonchev–Trinajstić information content (AvgIpc) is 3.35. The summed E-state index contributed by atoms with van der Waals surface area (Å²) >= 11 is -2.10. The van der Waals surface area contributed by atoms with E-state index in [1.54, 1.807) is 0 Å². The van der Waals surface area contributed by atoms with Gasteiger partial charge in [-0.1, -0.05) is 0 Å². The van der Waals surface area contributed by atoms with E-state index in [1.807, 2.05) is 0 Å². The molecule has 0 heterocycles. The van der Waals surface area contributed by atoms with Crippen LogP contribution >= 0.6 is 24.8 Å². The van der Waals surface area contributed by atoms with Gasteiger partial charge in [-0.05, 0) is 0 Å². The molecule has 180 valence electrons. The molecule has 0 aromatic heterocycles. The molecular weight excluding hydrogens is 558 g/mol. The Morgan fingerprint density at radius 2 is 0.917 bits per heavy atom. The van der Waals surface area contributed by atoms with Crippen LogP contribution in [0.1, 0.15) is 24.0 Å².